The number of aromatic nitrogens is 5. The molecule has 6 rings (SSSR count). The lowest BCUT2D eigenvalue weighted by atomic mass is 10.0. The Balaban J connectivity index is 1.34. The zero-order valence-electron chi connectivity index (χ0n) is 20.3. The average Bonchev–Trinajstić information content (AvgIpc) is 3.62. The van der Waals surface area contributed by atoms with Crippen molar-refractivity contribution in [2.45, 2.75) is 31.8 Å². The molecule has 0 unspecified atom stereocenters. The van der Waals surface area contributed by atoms with E-state index in [2.05, 4.69) is 26.8 Å². The first-order chi connectivity index (χ1) is 17.9. The number of carbonyl (C=O) groups excluding carboxylic acids is 2. The van der Waals surface area contributed by atoms with E-state index in [1.54, 1.807) is 37.4 Å². The number of nitrogen functional groups attached to an aromatic ring is 1. The van der Waals surface area contributed by atoms with E-state index in [-0.39, 0.29) is 23.9 Å². The number of pyridine rings is 1. The summed E-state index contributed by atoms with van der Waals surface area (Å²) in [6, 6.07) is 12.5. The number of fused-ring (bicyclic) bond motifs is 3. The van der Waals surface area contributed by atoms with Gasteiger partial charge in [-0.15, -0.1) is 0 Å². The average molecular weight is 495 g/mol. The second-order valence-electron chi connectivity index (χ2n) is 9.71. The minimum atomic E-state index is -0.257. The minimum Gasteiger partial charge on any atom is -0.383 e. The predicted octanol–water partition coefficient (Wildman–Crippen LogP) is 3.46. The highest BCUT2D eigenvalue weighted by molar-refractivity contribution is 6.04. The maximum atomic E-state index is 12.8. The Morgan fingerprint density at radius 1 is 1.05 bits per heavy atom. The van der Waals surface area contributed by atoms with Crippen molar-refractivity contribution in [3.63, 3.8) is 0 Å². The van der Waals surface area contributed by atoms with Crippen LogP contribution in [0.1, 0.15) is 36.2 Å². The lowest BCUT2D eigenvalue weighted by molar-refractivity contribution is -0.129. The molecule has 2 aliphatic rings. The number of likely N-dealkylation sites (tertiary alicyclic amines) is 1. The second kappa shape index (κ2) is 8.81. The summed E-state index contributed by atoms with van der Waals surface area (Å²) in [6.07, 6.45) is 4.91. The van der Waals surface area contributed by atoms with Crippen LogP contribution in [0.5, 0.6) is 0 Å². The molecule has 0 spiro atoms. The van der Waals surface area contributed by atoms with Gasteiger partial charge < -0.3 is 16.0 Å². The number of nitrogens with two attached hydrogens (primary N) is 1. The minimum absolute atomic E-state index is 0.0115. The summed E-state index contributed by atoms with van der Waals surface area (Å²) in [6.45, 7) is 6.34. The normalized spacial score (nSPS) is 20.4. The number of hydrogen-bond acceptors (Lipinski definition) is 7. The lowest BCUT2D eigenvalue weighted by Gasteiger charge is -2.33. The van der Waals surface area contributed by atoms with Gasteiger partial charge in [0, 0.05) is 29.4 Å². The Morgan fingerprint density at radius 2 is 1.84 bits per heavy atom. The summed E-state index contributed by atoms with van der Waals surface area (Å²) in [5.41, 5.74) is 9.41. The number of nitrogens with zero attached hydrogens (tertiary/aromatic N) is 6. The van der Waals surface area contributed by atoms with E-state index in [0.717, 1.165) is 24.9 Å². The molecule has 2 bridgehead atoms. The van der Waals surface area contributed by atoms with Crippen LogP contribution in [0.3, 0.4) is 0 Å². The summed E-state index contributed by atoms with van der Waals surface area (Å²) in [5.74, 6) is 0.963. The first-order valence-electron chi connectivity index (χ1n) is 12.2. The first kappa shape index (κ1) is 22.8. The van der Waals surface area contributed by atoms with Crippen LogP contribution in [0.4, 0.5) is 11.6 Å². The molecule has 4 heterocycles. The van der Waals surface area contributed by atoms with Crippen LogP contribution in [0, 0.1) is 5.92 Å². The van der Waals surface area contributed by atoms with Gasteiger partial charge in [-0.3, -0.25) is 9.59 Å². The molecule has 10 heteroatoms. The Labute approximate surface area is 213 Å². The van der Waals surface area contributed by atoms with Crippen LogP contribution >= 0.6 is 0 Å². The summed E-state index contributed by atoms with van der Waals surface area (Å²) in [7, 11) is 0. The van der Waals surface area contributed by atoms with E-state index in [0.29, 0.717) is 45.4 Å². The van der Waals surface area contributed by atoms with Crippen molar-refractivity contribution in [1.82, 2.24) is 29.6 Å². The van der Waals surface area contributed by atoms with Crippen molar-refractivity contribution >= 4 is 34.5 Å². The third-order valence-electron chi connectivity index (χ3n) is 7.23. The third-order valence-corrected chi connectivity index (χ3v) is 7.23. The van der Waals surface area contributed by atoms with Gasteiger partial charge in [0.2, 0.25) is 5.91 Å². The van der Waals surface area contributed by atoms with Gasteiger partial charge in [-0.1, -0.05) is 24.8 Å². The number of amides is 2. The van der Waals surface area contributed by atoms with Gasteiger partial charge in [0.25, 0.3) is 5.91 Å². The monoisotopic (exact) mass is 494 g/mol. The number of anilines is 2. The standard InChI is InChI=1S/C27H26N8O2/c1-15(2)27(37)34-13-16-11-19(34)20(12-16)35-25-22(24(28)30-14-31-25)23(33-35)17-6-8-18(9-7-17)26(36)32-21-5-3-4-10-29-21/h3-10,14,16,19-20H,1,11-13H2,2H3,(H2,28,30,31)(H,29,32,36)/t16-,19-,20-/m1/s1. The molecule has 2 amide bonds. The van der Waals surface area contributed by atoms with E-state index in [1.165, 1.54) is 6.33 Å². The molecule has 186 valence electrons. The topological polar surface area (TPSA) is 132 Å². The molecular weight excluding hydrogens is 468 g/mol. The van der Waals surface area contributed by atoms with E-state index in [1.807, 2.05) is 27.8 Å². The van der Waals surface area contributed by atoms with Gasteiger partial charge in [-0.2, -0.15) is 5.10 Å². The molecule has 10 nitrogen and oxygen atoms in total. The molecule has 37 heavy (non-hydrogen) atoms. The molecule has 1 aromatic carbocycles. The zero-order chi connectivity index (χ0) is 25.7. The van der Waals surface area contributed by atoms with Gasteiger partial charge in [0.15, 0.2) is 5.65 Å². The third kappa shape index (κ3) is 3.90. The maximum Gasteiger partial charge on any atom is 0.256 e. The summed E-state index contributed by atoms with van der Waals surface area (Å²) in [5, 5.41) is 8.41. The summed E-state index contributed by atoms with van der Waals surface area (Å²) < 4.78 is 1.91. The molecule has 1 saturated heterocycles. The van der Waals surface area contributed by atoms with Gasteiger partial charge in [0.1, 0.15) is 23.7 Å². The SMILES string of the molecule is C=C(C)C(=O)N1C[C@@H]2C[C@@H]1[C@H](n1nc(-c3ccc(C(=O)Nc4ccccn4)cc3)c3c(N)ncnc31)C2. The molecule has 4 aromatic rings. The van der Waals surface area contributed by atoms with Gasteiger partial charge in [-0.25, -0.2) is 19.6 Å². The lowest BCUT2D eigenvalue weighted by Crippen LogP contribution is -2.43. The fraction of sp³-hybridized carbons (Fsp3) is 0.259. The highest BCUT2D eigenvalue weighted by atomic mass is 16.2. The smallest absolute Gasteiger partial charge is 0.256 e. The van der Waals surface area contributed by atoms with E-state index in [9.17, 15) is 9.59 Å². The van der Waals surface area contributed by atoms with Crippen LogP contribution in [-0.4, -0.2) is 54.0 Å². The van der Waals surface area contributed by atoms with Gasteiger partial charge in [-0.05, 0) is 49.9 Å². The van der Waals surface area contributed by atoms with Crippen molar-refractivity contribution in [3.05, 3.63) is 72.7 Å². The number of nitrogens with one attached hydrogen (secondary N) is 1. The fourth-order valence-corrected chi connectivity index (χ4v) is 5.57. The van der Waals surface area contributed by atoms with Crippen molar-refractivity contribution in [2.24, 2.45) is 5.92 Å². The van der Waals surface area contributed by atoms with Gasteiger partial charge >= 0.3 is 0 Å². The van der Waals surface area contributed by atoms with E-state index >= 15 is 0 Å². The summed E-state index contributed by atoms with van der Waals surface area (Å²) in [4.78, 5) is 40.2. The first-order valence-corrected chi connectivity index (χ1v) is 12.2. The van der Waals surface area contributed by atoms with Crippen LogP contribution < -0.4 is 11.1 Å². The molecule has 1 aliphatic heterocycles. The fourth-order valence-electron chi connectivity index (χ4n) is 5.57. The number of carbonyl (C=O) groups is 2. The molecule has 0 radical (unpaired) electrons. The molecule has 3 aromatic heterocycles. The van der Waals surface area contributed by atoms with Crippen LogP contribution in [-0.2, 0) is 4.79 Å². The second-order valence-corrected chi connectivity index (χ2v) is 9.71. The van der Waals surface area contributed by atoms with Crippen LogP contribution in [0.2, 0.25) is 0 Å². The molecule has 3 N–H and O–H groups in total. The van der Waals surface area contributed by atoms with Crippen molar-refractivity contribution < 1.29 is 9.59 Å². The number of hydrogen-bond donors (Lipinski definition) is 2. The van der Waals surface area contributed by atoms with Crippen LogP contribution in [0.25, 0.3) is 22.3 Å². The molecular formula is C27H26N8O2. The van der Waals surface area contributed by atoms with Gasteiger partial charge in [0.05, 0.1) is 17.5 Å². The molecule has 1 aliphatic carbocycles. The molecule has 3 atom stereocenters. The van der Waals surface area contributed by atoms with Crippen molar-refractivity contribution in [2.75, 3.05) is 17.6 Å². The Kier molecular flexibility index (Phi) is 5.44. The molecule has 1 saturated carbocycles. The Hall–Kier alpha value is -4.60. The molecule has 2 fully saturated rings. The van der Waals surface area contributed by atoms with E-state index in [4.69, 9.17) is 10.8 Å². The predicted molar refractivity (Wildman–Crippen MR) is 139 cm³/mol. The Bertz CT molecular complexity index is 1530. The van der Waals surface area contributed by atoms with Crippen molar-refractivity contribution in [3.8, 4) is 11.3 Å². The largest absolute Gasteiger partial charge is 0.383 e. The maximum absolute atomic E-state index is 12.8. The van der Waals surface area contributed by atoms with Crippen LogP contribution in [0.15, 0.2) is 67.1 Å². The highest BCUT2D eigenvalue weighted by Gasteiger charge is 2.48. The number of piperidine rings is 1. The summed E-state index contributed by atoms with van der Waals surface area (Å²) >= 11 is 0. The quantitative estimate of drug-likeness (QED) is 0.406. The number of benzene rings is 1. The Morgan fingerprint density at radius 3 is 2.54 bits per heavy atom. The number of rotatable bonds is 5. The van der Waals surface area contributed by atoms with E-state index < -0.39 is 0 Å². The van der Waals surface area contributed by atoms with Crippen molar-refractivity contribution in [1.29, 1.82) is 0 Å². The highest BCUT2D eigenvalue weighted by Crippen LogP contribution is 2.46. The zero-order valence-corrected chi connectivity index (χ0v) is 20.3.